The number of nitrogens with one attached hydrogen (secondary N) is 1. The van der Waals surface area contributed by atoms with Crippen molar-refractivity contribution >= 4 is 27.5 Å². The number of hydrogen-bond acceptors (Lipinski definition) is 2. The summed E-state index contributed by atoms with van der Waals surface area (Å²) in [6.07, 6.45) is 0. The normalized spacial score (nSPS) is 9.89. The average molecular weight is 306 g/mol. The Morgan fingerprint density at radius 1 is 1.17 bits per heavy atom. The number of carbonyl (C=O) groups is 1. The van der Waals surface area contributed by atoms with Gasteiger partial charge in [-0.15, -0.1) is 0 Å². The van der Waals surface area contributed by atoms with Crippen LogP contribution in [-0.2, 0) is 0 Å². The summed E-state index contributed by atoms with van der Waals surface area (Å²) in [6.45, 7) is 0. The van der Waals surface area contributed by atoms with E-state index in [2.05, 4.69) is 21.2 Å². The third-order valence-corrected chi connectivity index (χ3v) is 2.93. The highest BCUT2D eigenvalue weighted by Gasteiger charge is 2.12. The molecule has 1 N–H and O–H groups in total. The van der Waals surface area contributed by atoms with Crippen LogP contribution in [-0.4, -0.2) is 13.0 Å². The van der Waals surface area contributed by atoms with E-state index in [1.54, 1.807) is 19.2 Å². The third-order valence-electron chi connectivity index (χ3n) is 2.44. The van der Waals surface area contributed by atoms with Gasteiger partial charge in [-0.2, -0.15) is 0 Å². The lowest BCUT2D eigenvalue weighted by molar-refractivity contribution is 0.102. The summed E-state index contributed by atoms with van der Waals surface area (Å²) in [6, 6.07) is 14.6. The van der Waals surface area contributed by atoms with Gasteiger partial charge in [0.2, 0.25) is 0 Å². The Morgan fingerprint density at radius 2 is 1.89 bits per heavy atom. The second kappa shape index (κ2) is 5.69. The average Bonchev–Trinajstić information content (AvgIpc) is 2.40. The van der Waals surface area contributed by atoms with Crippen LogP contribution in [0.4, 0.5) is 5.69 Å². The van der Waals surface area contributed by atoms with Crippen molar-refractivity contribution in [3.8, 4) is 5.75 Å². The van der Waals surface area contributed by atoms with Gasteiger partial charge < -0.3 is 10.1 Å². The Labute approximate surface area is 114 Å². The second-order valence-electron chi connectivity index (χ2n) is 3.66. The molecule has 2 rings (SSSR count). The first-order valence-electron chi connectivity index (χ1n) is 5.40. The summed E-state index contributed by atoms with van der Waals surface area (Å²) in [4.78, 5) is 12.1. The Bertz CT molecular complexity index is 555. The van der Waals surface area contributed by atoms with E-state index < -0.39 is 0 Å². The smallest absolute Gasteiger partial charge is 0.259 e. The number of carbonyl (C=O) groups excluding carboxylic acids is 1. The maximum absolute atomic E-state index is 12.1. The van der Waals surface area contributed by atoms with E-state index in [4.69, 9.17) is 4.74 Å². The summed E-state index contributed by atoms with van der Waals surface area (Å²) in [7, 11) is 1.54. The molecule has 0 bridgehead atoms. The Hall–Kier alpha value is -1.81. The van der Waals surface area contributed by atoms with E-state index in [1.807, 2.05) is 36.4 Å². The molecular formula is C14H12BrNO2. The van der Waals surface area contributed by atoms with Gasteiger partial charge in [0.1, 0.15) is 5.75 Å². The fraction of sp³-hybridized carbons (Fsp3) is 0.0714. The van der Waals surface area contributed by atoms with Gasteiger partial charge in [0.05, 0.1) is 12.7 Å². The molecule has 0 unspecified atom stereocenters. The quantitative estimate of drug-likeness (QED) is 0.939. The summed E-state index contributed by atoms with van der Waals surface area (Å²) in [5.41, 5.74) is 1.25. The van der Waals surface area contributed by atoms with Gasteiger partial charge in [-0.05, 0) is 30.3 Å². The molecule has 0 spiro atoms. The van der Waals surface area contributed by atoms with Crippen molar-refractivity contribution in [3.05, 3.63) is 58.6 Å². The number of anilines is 1. The largest absolute Gasteiger partial charge is 0.496 e. The number of para-hydroxylation sites is 1. The molecule has 92 valence electrons. The minimum Gasteiger partial charge on any atom is -0.496 e. The molecule has 18 heavy (non-hydrogen) atoms. The SMILES string of the molecule is COc1ccc(Br)cc1C(=O)Nc1ccccc1. The molecule has 0 radical (unpaired) electrons. The number of halogens is 1. The number of ether oxygens (including phenoxy) is 1. The van der Waals surface area contributed by atoms with Crippen molar-refractivity contribution in [2.75, 3.05) is 12.4 Å². The van der Waals surface area contributed by atoms with E-state index in [-0.39, 0.29) is 5.91 Å². The van der Waals surface area contributed by atoms with Gasteiger partial charge in [-0.1, -0.05) is 34.1 Å². The van der Waals surface area contributed by atoms with Crippen LogP contribution in [0.1, 0.15) is 10.4 Å². The molecule has 0 fully saturated rings. The molecule has 0 aliphatic heterocycles. The molecule has 0 aromatic heterocycles. The van der Waals surface area contributed by atoms with Crippen LogP contribution in [0.15, 0.2) is 53.0 Å². The van der Waals surface area contributed by atoms with Crippen LogP contribution < -0.4 is 10.1 Å². The molecule has 0 aliphatic rings. The van der Waals surface area contributed by atoms with Gasteiger partial charge >= 0.3 is 0 Å². The highest BCUT2D eigenvalue weighted by Crippen LogP contribution is 2.23. The van der Waals surface area contributed by atoms with Crippen molar-refractivity contribution < 1.29 is 9.53 Å². The zero-order chi connectivity index (χ0) is 13.0. The molecule has 0 atom stereocenters. The molecule has 0 saturated heterocycles. The monoisotopic (exact) mass is 305 g/mol. The van der Waals surface area contributed by atoms with Crippen molar-refractivity contribution in [1.29, 1.82) is 0 Å². The summed E-state index contributed by atoms with van der Waals surface area (Å²) >= 11 is 3.34. The predicted octanol–water partition coefficient (Wildman–Crippen LogP) is 3.71. The Morgan fingerprint density at radius 3 is 2.56 bits per heavy atom. The van der Waals surface area contributed by atoms with Crippen LogP contribution in [0.5, 0.6) is 5.75 Å². The standard InChI is InChI=1S/C14H12BrNO2/c1-18-13-8-7-10(15)9-12(13)14(17)16-11-5-3-2-4-6-11/h2-9H,1H3,(H,16,17). The van der Waals surface area contributed by atoms with Crippen LogP contribution in [0.3, 0.4) is 0 Å². The predicted molar refractivity (Wildman–Crippen MR) is 75.1 cm³/mol. The lowest BCUT2D eigenvalue weighted by atomic mass is 10.2. The highest BCUT2D eigenvalue weighted by atomic mass is 79.9. The van der Waals surface area contributed by atoms with Crippen LogP contribution in [0, 0.1) is 0 Å². The number of amides is 1. The highest BCUT2D eigenvalue weighted by molar-refractivity contribution is 9.10. The molecule has 2 aromatic carbocycles. The first-order chi connectivity index (χ1) is 8.70. The van der Waals surface area contributed by atoms with E-state index in [1.165, 1.54) is 0 Å². The summed E-state index contributed by atoms with van der Waals surface area (Å²) in [5.74, 6) is 0.353. The fourth-order valence-electron chi connectivity index (χ4n) is 1.58. The zero-order valence-electron chi connectivity index (χ0n) is 9.81. The number of hydrogen-bond donors (Lipinski definition) is 1. The summed E-state index contributed by atoms with van der Waals surface area (Å²) in [5, 5.41) is 2.82. The number of benzene rings is 2. The first kappa shape index (κ1) is 12.6. The molecular weight excluding hydrogens is 294 g/mol. The molecule has 4 heteroatoms. The van der Waals surface area contributed by atoms with Gasteiger partial charge in [0, 0.05) is 10.2 Å². The van der Waals surface area contributed by atoms with E-state index >= 15 is 0 Å². The van der Waals surface area contributed by atoms with Crippen LogP contribution in [0.25, 0.3) is 0 Å². The van der Waals surface area contributed by atoms with Crippen molar-refractivity contribution in [3.63, 3.8) is 0 Å². The molecule has 3 nitrogen and oxygen atoms in total. The lowest BCUT2D eigenvalue weighted by Gasteiger charge is -2.09. The Balaban J connectivity index is 2.26. The van der Waals surface area contributed by atoms with Gasteiger partial charge in [0.15, 0.2) is 0 Å². The molecule has 2 aromatic rings. The van der Waals surface area contributed by atoms with Crippen molar-refractivity contribution in [2.45, 2.75) is 0 Å². The lowest BCUT2D eigenvalue weighted by Crippen LogP contribution is -2.13. The number of methoxy groups -OCH3 is 1. The minimum absolute atomic E-state index is 0.195. The maximum atomic E-state index is 12.1. The zero-order valence-corrected chi connectivity index (χ0v) is 11.4. The van der Waals surface area contributed by atoms with Gasteiger partial charge in [-0.3, -0.25) is 4.79 Å². The second-order valence-corrected chi connectivity index (χ2v) is 4.58. The fourth-order valence-corrected chi connectivity index (χ4v) is 1.94. The van der Waals surface area contributed by atoms with Crippen LogP contribution in [0.2, 0.25) is 0 Å². The van der Waals surface area contributed by atoms with Crippen molar-refractivity contribution in [2.24, 2.45) is 0 Å². The van der Waals surface area contributed by atoms with Gasteiger partial charge in [-0.25, -0.2) is 0 Å². The molecule has 0 aliphatic carbocycles. The maximum Gasteiger partial charge on any atom is 0.259 e. The third kappa shape index (κ3) is 2.90. The van der Waals surface area contributed by atoms with E-state index in [0.29, 0.717) is 11.3 Å². The van der Waals surface area contributed by atoms with E-state index in [0.717, 1.165) is 10.2 Å². The number of rotatable bonds is 3. The van der Waals surface area contributed by atoms with E-state index in [9.17, 15) is 4.79 Å². The van der Waals surface area contributed by atoms with Gasteiger partial charge in [0.25, 0.3) is 5.91 Å². The molecule has 0 saturated carbocycles. The van der Waals surface area contributed by atoms with Crippen LogP contribution >= 0.6 is 15.9 Å². The van der Waals surface area contributed by atoms with Crippen molar-refractivity contribution in [1.82, 2.24) is 0 Å². The molecule has 1 amide bonds. The Kier molecular flexibility index (Phi) is 3.99. The first-order valence-corrected chi connectivity index (χ1v) is 6.20. The topological polar surface area (TPSA) is 38.3 Å². The minimum atomic E-state index is -0.195. The summed E-state index contributed by atoms with van der Waals surface area (Å²) < 4.78 is 6.01. The molecule has 0 heterocycles.